The third-order valence-corrected chi connectivity index (χ3v) is 11.9. The number of aromatic nitrogens is 2. The second-order valence-electron chi connectivity index (χ2n) is 9.52. The number of benzene rings is 1. The zero-order chi connectivity index (χ0) is 32.7. The number of thioether (sulfide) groups is 2. The number of hydrogen-bond acceptors (Lipinski definition) is 12. The van der Waals surface area contributed by atoms with Crippen molar-refractivity contribution in [3.8, 4) is 0 Å². The molecule has 1 saturated heterocycles. The van der Waals surface area contributed by atoms with Crippen LogP contribution in [-0.4, -0.2) is 71.1 Å². The first-order valence-corrected chi connectivity index (χ1v) is 16.6. The number of anilines is 1. The van der Waals surface area contributed by atoms with Crippen LogP contribution in [0.2, 0.25) is 0 Å². The normalized spacial score (nSPS) is 18.1. The van der Waals surface area contributed by atoms with Crippen LogP contribution in [0.3, 0.4) is 0 Å². The number of allylic oxidation sites excluding steroid dienone is 1. The lowest BCUT2D eigenvalue weighted by Gasteiger charge is -2.13. The molecule has 0 spiro atoms. The predicted molar refractivity (Wildman–Crippen MR) is 175 cm³/mol. The van der Waals surface area contributed by atoms with E-state index < -0.39 is 54.6 Å². The Hall–Kier alpha value is -3.97. The number of carboxylic acids is 3. The summed E-state index contributed by atoms with van der Waals surface area (Å²) in [6, 6.07) is 7.77. The van der Waals surface area contributed by atoms with E-state index in [1.165, 1.54) is 11.8 Å². The summed E-state index contributed by atoms with van der Waals surface area (Å²) >= 11 is 9.00. The fraction of sp³-hybridized carbons (Fsp3) is 0.222. The lowest BCUT2D eigenvalue weighted by molar-refractivity contribution is -0.140. The van der Waals surface area contributed by atoms with Gasteiger partial charge in [0.2, 0.25) is 0 Å². The maximum Gasteiger partial charge on any atom is 0.323 e. The van der Waals surface area contributed by atoms with E-state index in [1.54, 1.807) is 0 Å². The molecular formula is C27H22N4O9S5. The lowest BCUT2D eigenvalue weighted by atomic mass is 10.2. The number of para-hydroxylation sites is 1. The number of carbonyl (C=O) groups is 4. The highest BCUT2D eigenvalue weighted by Gasteiger charge is 2.35. The van der Waals surface area contributed by atoms with Crippen molar-refractivity contribution in [2.45, 2.75) is 31.3 Å². The summed E-state index contributed by atoms with van der Waals surface area (Å²) < 4.78 is 1.64. The third-order valence-electron chi connectivity index (χ3n) is 6.63. The van der Waals surface area contributed by atoms with E-state index in [2.05, 4.69) is 0 Å². The van der Waals surface area contributed by atoms with Crippen LogP contribution in [0.1, 0.15) is 13.3 Å². The highest BCUT2D eigenvalue weighted by molar-refractivity contribution is 8.30. The molecule has 0 radical (unpaired) electrons. The number of carboxylic acid groups (broad SMARTS) is 3. The molecule has 0 bridgehead atoms. The largest absolute Gasteiger partial charge is 0.480 e. The highest BCUT2D eigenvalue weighted by atomic mass is 32.2. The molecule has 2 aliphatic rings. The third kappa shape index (κ3) is 6.15. The van der Waals surface area contributed by atoms with Crippen LogP contribution in [0.4, 0.5) is 5.69 Å². The van der Waals surface area contributed by atoms with Crippen molar-refractivity contribution in [2.24, 2.45) is 0 Å². The molecular weight excluding hydrogens is 685 g/mol. The van der Waals surface area contributed by atoms with Gasteiger partial charge in [-0.15, -0.1) is 22.7 Å². The van der Waals surface area contributed by atoms with Gasteiger partial charge in [-0.25, -0.2) is 0 Å². The second-order valence-corrected chi connectivity index (χ2v) is 14.2. The molecule has 1 aromatic carbocycles. The molecule has 2 aliphatic heterocycles. The van der Waals surface area contributed by atoms with Crippen LogP contribution in [0.25, 0.3) is 10.5 Å². The number of hydrogen-bond donors (Lipinski definition) is 3. The molecule has 234 valence electrons. The van der Waals surface area contributed by atoms with Crippen LogP contribution >= 0.6 is 58.4 Å². The van der Waals surface area contributed by atoms with Crippen molar-refractivity contribution in [1.82, 2.24) is 14.0 Å². The minimum absolute atomic E-state index is 0.0149. The maximum absolute atomic E-state index is 13.7. The Bertz CT molecular complexity index is 2190. The van der Waals surface area contributed by atoms with Gasteiger partial charge >= 0.3 is 17.9 Å². The van der Waals surface area contributed by atoms with Crippen LogP contribution in [-0.2, 0) is 32.3 Å². The minimum Gasteiger partial charge on any atom is -0.480 e. The van der Waals surface area contributed by atoms with E-state index in [0.717, 1.165) is 52.7 Å². The van der Waals surface area contributed by atoms with Gasteiger partial charge in [0.1, 0.15) is 42.7 Å². The first kappa shape index (κ1) is 32.4. The standard InChI is InChI=1S/C27H22N4O9S5/c1-3-12(8-15-28(2)13-6-4-5-7-14(13)42-15)19-22(38)29(9-16(32)33)25(43-19)20-23(39)30(10-17(34)35)26(44-20)21-24(40)31(11-18(36)37)27(41)45-21/h4-8H,3,9-11H2,1-2H3,(H,32,33)(H,34,35)(H,36,37)/b15-8?,19-12+,25-20+,26-21+. The van der Waals surface area contributed by atoms with Crippen molar-refractivity contribution in [1.29, 1.82) is 0 Å². The van der Waals surface area contributed by atoms with Gasteiger partial charge < -0.3 is 20.2 Å². The van der Waals surface area contributed by atoms with Crippen molar-refractivity contribution in [3.05, 3.63) is 74.5 Å². The summed E-state index contributed by atoms with van der Waals surface area (Å²) in [5, 5.41) is 29.2. The SMILES string of the molecule is CC/C(C=C1Sc2ccccc2N1C)=c1\s/c(=c2/s/c(=C3/SC(=S)N(CC(=O)O)C3=O)n(CC(=O)O)c2=O)n(CC(=O)O)c1=O. The summed E-state index contributed by atoms with van der Waals surface area (Å²) in [5.41, 5.74) is 0.0976. The molecule has 13 nitrogen and oxygen atoms in total. The van der Waals surface area contributed by atoms with Gasteiger partial charge in [-0.1, -0.05) is 54.8 Å². The van der Waals surface area contributed by atoms with E-state index in [9.17, 15) is 44.1 Å². The molecule has 0 aliphatic carbocycles. The zero-order valence-corrected chi connectivity index (χ0v) is 27.4. The van der Waals surface area contributed by atoms with Gasteiger partial charge in [0, 0.05) is 11.9 Å². The van der Waals surface area contributed by atoms with Gasteiger partial charge in [-0.2, -0.15) is 0 Å². The molecule has 5 rings (SSSR count). The maximum atomic E-state index is 13.7. The average molecular weight is 707 g/mol. The van der Waals surface area contributed by atoms with Crippen molar-refractivity contribution in [2.75, 3.05) is 18.5 Å². The number of aliphatic carboxylic acids is 3. The highest BCUT2D eigenvalue weighted by Crippen LogP contribution is 2.45. The van der Waals surface area contributed by atoms with E-state index >= 15 is 0 Å². The molecule has 4 heterocycles. The van der Waals surface area contributed by atoms with Crippen LogP contribution in [0.15, 0.2) is 49.9 Å². The number of thiocarbonyl (C=S) groups is 1. The molecule has 0 unspecified atom stereocenters. The molecule has 1 fully saturated rings. The quantitative estimate of drug-likeness (QED) is 0.286. The van der Waals surface area contributed by atoms with Gasteiger partial charge in [-0.05, 0) is 30.2 Å². The van der Waals surface area contributed by atoms with Gasteiger partial charge in [0.25, 0.3) is 17.0 Å². The Morgan fingerprint density at radius 3 is 2.09 bits per heavy atom. The summed E-state index contributed by atoms with van der Waals surface area (Å²) in [5.74, 6) is -4.88. The number of amides is 1. The van der Waals surface area contributed by atoms with Gasteiger partial charge in [-0.3, -0.25) is 42.8 Å². The fourth-order valence-corrected chi connectivity index (χ4v) is 9.61. The van der Waals surface area contributed by atoms with Crippen molar-refractivity contribution < 1.29 is 34.5 Å². The molecule has 1 amide bonds. The minimum atomic E-state index is -1.40. The number of carbonyl (C=O) groups excluding carboxylic acids is 1. The molecule has 2 aromatic heterocycles. The zero-order valence-electron chi connectivity index (χ0n) is 23.3. The number of rotatable bonds is 8. The second kappa shape index (κ2) is 12.8. The summed E-state index contributed by atoms with van der Waals surface area (Å²) in [6.07, 6.45) is 2.24. The number of thiazole rings is 2. The summed E-state index contributed by atoms with van der Waals surface area (Å²) in [6.45, 7) is -0.512. The van der Waals surface area contributed by atoms with Crippen LogP contribution < -0.4 is 25.2 Å². The fourth-order valence-electron chi connectivity index (χ4n) is 4.58. The average Bonchev–Trinajstić information content (AvgIpc) is 3.66. The lowest BCUT2D eigenvalue weighted by Crippen LogP contribution is -2.35. The van der Waals surface area contributed by atoms with E-state index in [1.807, 2.05) is 49.2 Å². The Morgan fingerprint density at radius 2 is 1.49 bits per heavy atom. The van der Waals surface area contributed by atoms with E-state index in [-0.39, 0.29) is 27.6 Å². The summed E-state index contributed by atoms with van der Waals surface area (Å²) in [4.78, 5) is 79.2. The van der Waals surface area contributed by atoms with Crippen molar-refractivity contribution in [3.63, 3.8) is 0 Å². The number of fused-ring (bicyclic) bond motifs is 1. The predicted octanol–water partition coefficient (Wildman–Crippen LogP) is 1.29. The van der Waals surface area contributed by atoms with Crippen LogP contribution in [0.5, 0.6) is 0 Å². The molecule has 0 atom stereocenters. The molecule has 3 N–H and O–H groups in total. The first-order valence-electron chi connectivity index (χ1n) is 12.9. The first-order chi connectivity index (χ1) is 21.3. The van der Waals surface area contributed by atoms with Gasteiger partial charge in [0.05, 0.1) is 15.2 Å². The van der Waals surface area contributed by atoms with E-state index in [4.69, 9.17) is 12.2 Å². The number of nitrogens with zero attached hydrogens (tertiary/aromatic N) is 4. The topological polar surface area (TPSA) is 179 Å². The molecule has 18 heteroatoms. The van der Waals surface area contributed by atoms with Crippen LogP contribution in [0, 0.1) is 9.20 Å². The Balaban J connectivity index is 1.84. The van der Waals surface area contributed by atoms with Crippen molar-refractivity contribution >= 4 is 103 Å². The molecule has 0 saturated carbocycles. The molecule has 45 heavy (non-hydrogen) atoms. The Morgan fingerprint density at radius 1 is 0.867 bits per heavy atom. The van der Waals surface area contributed by atoms with E-state index in [0.29, 0.717) is 23.3 Å². The monoisotopic (exact) mass is 706 g/mol. The Kier molecular flexibility index (Phi) is 9.22. The Labute approximate surface area is 274 Å². The van der Waals surface area contributed by atoms with Gasteiger partial charge in [0.15, 0.2) is 0 Å². The summed E-state index contributed by atoms with van der Waals surface area (Å²) in [7, 11) is 1.89. The molecule has 3 aromatic rings. The smallest absolute Gasteiger partial charge is 0.323 e.